The summed E-state index contributed by atoms with van der Waals surface area (Å²) < 4.78 is 17.6. The molecule has 1 saturated heterocycles. The number of benzene rings is 1. The van der Waals surface area contributed by atoms with Crippen LogP contribution in [0.25, 0.3) is 11.3 Å². The lowest BCUT2D eigenvalue weighted by Gasteiger charge is -2.35. The topological polar surface area (TPSA) is 114 Å². The molecule has 0 aliphatic carbocycles. The fourth-order valence-electron chi connectivity index (χ4n) is 4.09. The number of nitrogens with zero attached hydrogens (tertiary/aromatic N) is 4. The Morgan fingerprint density at radius 3 is 2.61 bits per heavy atom. The van der Waals surface area contributed by atoms with E-state index < -0.39 is 11.0 Å². The van der Waals surface area contributed by atoms with E-state index in [0.29, 0.717) is 33.2 Å². The van der Waals surface area contributed by atoms with Gasteiger partial charge >= 0.3 is 0 Å². The van der Waals surface area contributed by atoms with Gasteiger partial charge in [0.2, 0.25) is 0 Å². The van der Waals surface area contributed by atoms with Crippen LogP contribution in [-0.2, 0) is 11.0 Å². The number of rotatable bonds is 8. The van der Waals surface area contributed by atoms with Crippen molar-refractivity contribution in [3.63, 3.8) is 0 Å². The molecule has 0 radical (unpaired) electrons. The number of carbonyl (C=O) groups excluding carboxylic acids is 1. The number of thiazole rings is 1. The second kappa shape index (κ2) is 11.5. The molecule has 1 amide bonds. The second-order valence-corrected chi connectivity index (χ2v) is 11.1. The Bertz CT molecular complexity index is 1220. The fourth-order valence-corrected chi connectivity index (χ4v) is 5.25. The average molecular weight is 529 g/mol. The van der Waals surface area contributed by atoms with Crippen LogP contribution in [0.3, 0.4) is 0 Å². The van der Waals surface area contributed by atoms with E-state index in [1.165, 1.54) is 11.3 Å². The quantitative estimate of drug-likeness (QED) is 0.456. The average Bonchev–Trinajstić information content (AvgIpc) is 3.33. The Kier molecular flexibility index (Phi) is 8.35. The summed E-state index contributed by atoms with van der Waals surface area (Å²) in [6, 6.07) is 9.29. The van der Waals surface area contributed by atoms with Gasteiger partial charge in [0.15, 0.2) is 5.13 Å². The first-order valence-corrected chi connectivity index (χ1v) is 13.9. The van der Waals surface area contributed by atoms with E-state index in [9.17, 15) is 9.00 Å². The van der Waals surface area contributed by atoms with Crippen molar-refractivity contribution in [3.8, 4) is 17.0 Å². The van der Waals surface area contributed by atoms with Gasteiger partial charge in [-0.25, -0.2) is 14.3 Å². The van der Waals surface area contributed by atoms with Gasteiger partial charge in [-0.2, -0.15) is 0 Å². The van der Waals surface area contributed by atoms with Crippen molar-refractivity contribution in [1.82, 2.24) is 19.8 Å². The molecule has 36 heavy (non-hydrogen) atoms. The summed E-state index contributed by atoms with van der Waals surface area (Å²) >= 11 is 1.42. The van der Waals surface area contributed by atoms with Gasteiger partial charge in [-0.05, 0) is 71.1 Å². The van der Waals surface area contributed by atoms with Gasteiger partial charge in [-0.3, -0.25) is 9.78 Å². The highest BCUT2D eigenvalue weighted by molar-refractivity contribution is 7.82. The van der Waals surface area contributed by atoms with Crippen molar-refractivity contribution in [1.29, 1.82) is 0 Å². The molecule has 0 spiro atoms. The predicted molar refractivity (Wildman–Crippen MR) is 144 cm³/mol. The molecule has 1 fully saturated rings. The number of nitrogens with two attached hydrogens (primary N) is 1. The number of likely N-dealkylation sites (tertiary alicyclic amines) is 1. The molecule has 1 aliphatic rings. The molecule has 1 unspecified atom stereocenters. The van der Waals surface area contributed by atoms with Gasteiger partial charge in [-0.15, -0.1) is 11.3 Å². The maximum absolute atomic E-state index is 12.9. The van der Waals surface area contributed by atoms with Crippen molar-refractivity contribution in [2.45, 2.75) is 43.7 Å². The SMILES string of the molecule is CC(C)Oc1ccc(S(N)=O)cc1Nc1nc(-c2ccc(C(=O)N3CCC(N(C)C)CC3)nc2)cs1. The van der Waals surface area contributed by atoms with E-state index in [4.69, 9.17) is 9.88 Å². The molecule has 0 bridgehead atoms. The molecule has 1 aromatic carbocycles. The minimum absolute atomic E-state index is 0.0294. The number of ether oxygens (including phenoxy) is 1. The number of amides is 1. The number of hydrogen-bond donors (Lipinski definition) is 2. The monoisotopic (exact) mass is 528 g/mol. The third kappa shape index (κ3) is 6.28. The molecular formula is C25H32N6O3S2. The minimum Gasteiger partial charge on any atom is -0.489 e. The summed E-state index contributed by atoms with van der Waals surface area (Å²) in [6.45, 7) is 5.36. The summed E-state index contributed by atoms with van der Waals surface area (Å²) in [5.74, 6) is 0.587. The van der Waals surface area contributed by atoms with Gasteiger partial charge < -0.3 is 19.9 Å². The molecule has 1 atom stereocenters. The highest BCUT2D eigenvalue weighted by Gasteiger charge is 2.25. The van der Waals surface area contributed by atoms with Crippen molar-refractivity contribution in [2.75, 3.05) is 32.5 Å². The van der Waals surface area contributed by atoms with Crippen molar-refractivity contribution < 1.29 is 13.7 Å². The number of hydrogen-bond acceptors (Lipinski definition) is 8. The van der Waals surface area contributed by atoms with Crippen LogP contribution < -0.4 is 15.2 Å². The van der Waals surface area contributed by atoms with Crippen LogP contribution in [0.1, 0.15) is 37.2 Å². The van der Waals surface area contributed by atoms with Crippen LogP contribution in [0.4, 0.5) is 10.8 Å². The molecule has 11 heteroatoms. The third-order valence-corrected chi connectivity index (χ3v) is 7.53. The zero-order valence-electron chi connectivity index (χ0n) is 20.9. The van der Waals surface area contributed by atoms with Gasteiger partial charge in [0, 0.05) is 36.3 Å². The Balaban J connectivity index is 1.45. The first-order chi connectivity index (χ1) is 17.2. The highest BCUT2D eigenvalue weighted by Crippen LogP contribution is 2.33. The predicted octanol–water partition coefficient (Wildman–Crippen LogP) is 3.88. The highest BCUT2D eigenvalue weighted by atomic mass is 32.2. The van der Waals surface area contributed by atoms with E-state index in [2.05, 4.69) is 34.3 Å². The Morgan fingerprint density at radius 1 is 1.25 bits per heavy atom. The van der Waals surface area contributed by atoms with Crippen LogP contribution in [0, 0.1) is 0 Å². The maximum atomic E-state index is 12.9. The van der Waals surface area contributed by atoms with Gasteiger partial charge in [-0.1, -0.05) is 0 Å². The summed E-state index contributed by atoms with van der Waals surface area (Å²) in [7, 11) is 2.56. The summed E-state index contributed by atoms with van der Waals surface area (Å²) in [4.78, 5) is 26.6. The Hall–Kier alpha value is -2.86. The zero-order valence-corrected chi connectivity index (χ0v) is 22.6. The lowest BCUT2D eigenvalue weighted by Crippen LogP contribution is -2.44. The summed E-state index contributed by atoms with van der Waals surface area (Å²) in [5.41, 5.74) is 2.64. The molecule has 0 saturated carbocycles. The van der Waals surface area contributed by atoms with Crippen LogP contribution in [0.15, 0.2) is 46.8 Å². The number of piperidine rings is 1. The van der Waals surface area contributed by atoms with Crippen LogP contribution in [-0.4, -0.2) is 69.2 Å². The maximum Gasteiger partial charge on any atom is 0.272 e. The Labute approximate surface area is 218 Å². The molecular weight excluding hydrogens is 496 g/mol. The van der Waals surface area contributed by atoms with Crippen molar-refractivity contribution in [3.05, 3.63) is 47.6 Å². The summed E-state index contributed by atoms with van der Waals surface area (Å²) in [6.07, 6.45) is 3.60. The normalized spacial score (nSPS) is 15.4. The molecule has 9 nitrogen and oxygen atoms in total. The number of aromatic nitrogens is 2. The molecule has 2 aromatic heterocycles. The first kappa shape index (κ1) is 26.2. The van der Waals surface area contributed by atoms with E-state index >= 15 is 0 Å². The molecule has 3 N–H and O–H groups in total. The Morgan fingerprint density at radius 2 is 2.00 bits per heavy atom. The van der Waals surface area contributed by atoms with Crippen LogP contribution in [0.2, 0.25) is 0 Å². The summed E-state index contributed by atoms with van der Waals surface area (Å²) in [5, 5.41) is 11.4. The van der Waals surface area contributed by atoms with Crippen LogP contribution >= 0.6 is 11.3 Å². The standard InChI is InChI=1S/C25H32N6O3S2/c1-16(2)34-23-8-6-19(36(26)33)13-21(23)28-25-29-22(15-35-25)17-5-7-20(27-14-17)24(32)31-11-9-18(10-12-31)30(3)4/h5-8,13-16,18H,9-12,26H2,1-4H3,(H,28,29). The molecule has 4 rings (SSSR count). The number of nitrogens with one attached hydrogen (secondary N) is 1. The van der Waals surface area contributed by atoms with E-state index in [-0.39, 0.29) is 12.0 Å². The zero-order chi connectivity index (χ0) is 25.8. The number of anilines is 2. The van der Waals surface area contributed by atoms with E-state index in [0.717, 1.165) is 37.2 Å². The fraction of sp³-hybridized carbons (Fsp3) is 0.400. The van der Waals surface area contributed by atoms with E-state index in [1.54, 1.807) is 30.5 Å². The lowest BCUT2D eigenvalue weighted by molar-refractivity contribution is 0.0657. The lowest BCUT2D eigenvalue weighted by atomic mass is 10.0. The van der Waals surface area contributed by atoms with Crippen LogP contribution in [0.5, 0.6) is 5.75 Å². The third-order valence-electron chi connectivity index (χ3n) is 6.05. The smallest absolute Gasteiger partial charge is 0.272 e. The minimum atomic E-state index is -1.61. The first-order valence-electron chi connectivity index (χ1n) is 11.8. The number of carbonyl (C=O) groups is 1. The van der Waals surface area contributed by atoms with Gasteiger partial charge in [0.25, 0.3) is 5.91 Å². The van der Waals surface area contributed by atoms with Gasteiger partial charge in [0.05, 0.1) is 22.4 Å². The van der Waals surface area contributed by atoms with Gasteiger partial charge in [0.1, 0.15) is 22.4 Å². The molecule has 192 valence electrons. The molecule has 3 aromatic rings. The largest absolute Gasteiger partial charge is 0.489 e. The van der Waals surface area contributed by atoms with Crippen molar-refractivity contribution in [2.24, 2.45) is 5.14 Å². The van der Waals surface area contributed by atoms with E-state index in [1.807, 2.05) is 30.2 Å². The van der Waals surface area contributed by atoms with Crippen molar-refractivity contribution >= 4 is 39.0 Å². The molecule has 3 heterocycles. The number of pyridine rings is 1. The molecule has 1 aliphatic heterocycles. The second-order valence-electron chi connectivity index (χ2n) is 9.20.